The summed E-state index contributed by atoms with van der Waals surface area (Å²) in [6.07, 6.45) is 6.03. The fourth-order valence-corrected chi connectivity index (χ4v) is 4.45. The highest BCUT2D eigenvalue weighted by Crippen LogP contribution is 2.24. The lowest BCUT2D eigenvalue weighted by atomic mass is 10.1. The van der Waals surface area contributed by atoms with Crippen LogP contribution in [0.2, 0.25) is 0 Å². The van der Waals surface area contributed by atoms with E-state index >= 15 is 0 Å². The summed E-state index contributed by atoms with van der Waals surface area (Å²) in [5.74, 6) is 1.61. The number of fused-ring (bicyclic) bond motifs is 1. The zero-order valence-corrected chi connectivity index (χ0v) is 17.5. The number of aromatic nitrogens is 6. The molecule has 1 saturated heterocycles. The van der Waals surface area contributed by atoms with Crippen molar-refractivity contribution in [2.24, 2.45) is 7.05 Å². The van der Waals surface area contributed by atoms with E-state index in [2.05, 4.69) is 19.9 Å². The number of anilines is 1. The SMILES string of the molecule is Cc1ccnc(SCCCn2c(N3CCCCC3)nc3c2c(=O)[nH]c(=O)n3C)n1. The number of rotatable bonds is 6. The van der Waals surface area contributed by atoms with Gasteiger partial charge in [0.1, 0.15) is 0 Å². The molecule has 3 aromatic heterocycles. The van der Waals surface area contributed by atoms with Crippen LogP contribution in [0.1, 0.15) is 31.4 Å². The smallest absolute Gasteiger partial charge is 0.329 e. The molecule has 9 nitrogen and oxygen atoms in total. The summed E-state index contributed by atoms with van der Waals surface area (Å²) in [4.78, 5) is 42.6. The number of hydrogen-bond donors (Lipinski definition) is 1. The van der Waals surface area contributed by atoms with Gasteiger partial charge in [0, 0.05) is 44.3 Å². The van der Waals surface area contributed by atoms with Gasteiger partial charge in [0.05, 0.1) is 0 Å². The first-order chi connectivity index (χ1) is 14.0. The van der Waals surface area contributed by atoms with Crippen LogP contribution in [-0.4, -0.2) is 47.9 Å². The number of aryl methyl sites for hydroxylation is 3. The fraction of sp³-hybridized carbons (Fsp3) is 0.526. The Morgan fingerprint density at radius 3 is 2.72 bits per heavy atom. The van der Waals surface area contributed by atoms with Crippen LogP contribution < -0.4 is 16.1 Å². The molecule has 0 atom stereocenters. The summed E-state index contributed by atoms with van der Waals surface area (Å²) in [5.41, 5.74) is 1.03. The molecule has 10 heteroatoms. The first kappa shape index (κ1) is 19.7. The van der Waals surface area contributed by atoms with Gasteiger partial charge in [-0.3, -0.25) is 14.3 Å². The van der Waals surface area contributed by atoms with E-state index in [1.165, 1.54) is 11.0 Å². The van der Waals surface area contributed by atoms with E-state index in [-0.39, 0.29) is 5.56 Å². The van der Waals surface area contributed by atoms with Crippen molar-refractivity contribution in [2.75, 3.05) is 23.7 Å². The number of imidazole rings is 1. The van der Waals surface area contributed by atoms with Crippen molar-refractivity contribution < 1.29 is 0 Å². The number of H-pyrrole nitrogens is 1. The molecule has 1 fully saturated rings. The zero-order valence-electron chi connectivity index (χ0n) is 16.7. The Labute approximate surface area is 172 Å². The Hall–Kier alpha value is -2.62. The maximum atomic E-state index is 12.6. The third-order valence-electron chi connectivity index (χ3n) is 5.16. The molecular weight excluding hydrogens is 390 g/mol. The van der Waals surface area contributed by atoms with E-state index in [1.807, 2.05) is 17.6 Å². The van der Waals surface area contributed by atoms with Crippen LogP contribution in [0.3, 0.4) is 0 Å². The van der Waals surface area contributed by atoms with Crippen molar-refractivity contribution in [3.8, 4) is 0 Å². The van der Waals surface area contributed by atoms with Crippen molar-refractivity contribution in [3.05, 3.63) is 38.8 Å². The van der Waals surface area contributed by atoms with Crippen LogP contribution in [0.25, 0.3) is 11.2 Å². The standard InChI is InChI=1S/C19H25N7O2S/c1-13-7-8-20-17(21-13)29-12-6-11-26-14-15(24(2)19(28)23-16(14)27)22-18(26)25-9-4-3-5-10-25/h7-8H,3-6,9-12H2,1-2H3,(H,23,27,28). The minimum Gasteiger partial charge on any atom is -0.342 e. The van der Waals surface area contributed by atoms with Crippen molar-refractivity contribution in [1.29, 1.82) is 0 Å². The third kappa shape index (κ3) is 4.07. The summed E-state index contributed by atoms with van der Waals surface area (Å²) >= 11 is 1.60. The van der Waals surface area contributed by atoms with Crippen molar-refractivity contribution in [3.63, 3.8) is 0 Å². The van der Waals surface area contributed by atoms with Gasteiger partial charge in [0.2, 0.25) is 5.95 Å². The molecule has 0 radical (unpaired) electrons. The average Bonchev–Trinajstić information content (AvgIpc) is 3.10. The first-order valence-corrected chi connectivity index (χ1v) is 10.9. The summed E-state index contributed by atoms with van der Waals surface area (Å²) in [5, 5.41) is 0.761. The molecule has 0 amide bonds. The number of nitrogens with zero attached hydrogens (tertiary/aromatic N) is 6. The van der Waals surface area contributed by atoms with Crippen LogP contribution in [-0.2, 0) is 13.6 Å². The molecule has 0 unspecified atom stereocenters. The van der Waals surface area contributed by atoms with Crippen LogP contribution in [0.15, 0.2) is 27.0 Å². The van der Waals surface area contributed by atoms with E-state index in [0.717, 1.165) is 54.9 Å². The van der Waals surface area contributed by atoms with Gasteiger partial charge in [0.15, 0.2) is 16.3 Å². The number of piperidine rings is 1. The van der Waals surface area contributed by atoms with Gasteiger partial charge in [-0.1, -0.05) is 11.8 Å². The average molecular weight is 416 g/mol. The Morgan fingerprint density at radius 2 is 1.97 bits per heavy atom. The van der Waals surface area contributed by atoms with E-state index < -0.39 is 5.69 Å². The van der Waals surface area contributed by atoms with Crippen LogP contribution in [0, 0.1) is 6.92 Å². The second kappa shape index (κ2) is 8.40. The molecule has 1 N–H and O–H groups in total. The topological polar surface area (TPSA) is 102 Å². The molecule has 0 spiro atoms. The normalized spacial score (nSPS) is 14.6. The Bertz CT molecular complexity index is 1130. The first-order valence-electron chi connectivity index (χ1n) is 9.91. The zero-order chi connectivity index (χ0) is 20.4. The molecule has 0 saturated carbocycles. The van der Waals surface area contributed by atoms with Crippen molar-refractivity contribution in [1.82, 2.24) is 29.1 Å². The van der Waals surface area contributed by atoms with Gasteiger partial charge in [0.25, 0.3) is 5.56 Å². The summed E-state index contributed by atoms with van der Waals surface area (Å²) in [6.45, 7) is 4.43. The number of hydrogen-bond acceptors (Lipinski definition) is 7. The third-order valence-corrected chi connectivity index (χ3v) is 6.10. The molecule has 0 aromatic carbocycles. The van der Waals surface area contributed by atoms with Crippen LogP contribution in [0.4, 0.5) is 5.95 Å². The highest BCUT2D eigenvalue weighted by Gasteiger charge is 2.22. The predicted octanol–water partition coefficient (Wildman–Crippen LogP) is 1.69. The lowest BCUT2D eigenvalue weighted by Gasteiger charge is -2.28. The fourth-order valence-electron chi connectivity index (χ4n) is 3.65. The van der Waals surface area contributed by atoms with Crippen LogP contribution >= 0.6 is 11.8 Å². The quantitative estimate of drug-likeness (QED) is 0.371. The second-order valence-electron chi connectivity index (χ2n) is 7.28. The minimum absolute atomic E-state index is 0.381. The number of thioether (sulfide) groups is 1. The molecule has 3 aromatic rings. The predicted molar refractivity (Wildman–Crippen MR) is 114 cm³/mol. The number of nitrogens with one attached hydrogen (secondary N) is 1. The van der Waals surface area contributed by atoms with Gasteiger partial charge in [-0.25, -0.2) is 14.8 Å². The second-order valence-corrected chi connectivity index (χ2v) is 8.35. The van der Waals surface area contributed by atoms with Gasteiger partial charge in [-0.05, 0) is 38.7 Å². The van der Waals surface area contributed by atoms with Crippen LogP contribution in [0.5, 0.6) is 0 Å². The van der Waals surface area contributed by atoms with Gasteiger partial charge in [-0.2, -0.15) is 4.98 Å². The van der Waals surface area contributed by atoms with Crippen molar-refractivity contribution >= 4 is 28.9 Å². The summed E-state index contributed by atoms with van der Waals surface area (Å²) < 4.78 is 3.38. The molecule has 1 aliphatic heterocycles. The Kier molecular flexibility index (Phi) is 5.70. The molecule has 29 heavy (non-hydrogen) atoms. The van der Waals surface area contributed by atoms with Gasteiger partial charge in [-0.15, -0.1) is 0 Å². The Morgan fingerprint density at radius 1 is 1.17 bits per heavy atom. The number of aromatic amines is 1. The molecule has 0 aliphatic carbocycles. The molecule has 1 aliphatic rings. The molecule has 4 rings (SSSR count). The Balaban J connectivity index is 1.61. The van der Waals surface area contributed by atoms with E-state index in [1.54, 1.807) is 25.0 Å². The lowest BCUT2D eigenvalue weighted by molar-refractivity contribution is 0.554. The molecular formula is C19H25N7O2S. The van der Waals surface area contributed by atoms with Gasteiger partial charge < -0.3 is 9.47 Å². The summed E-state index contributed by atoms with van der Waals surface area (Å²) in [6, 6.07) is 1.88. The van der Waals surface area contributed by atoms with E-state index in [9.17, 15) is 9.59 Å². The molecule has 4 heterocycles. The molecule has 154 valence electrons. The lowest BCUT2D eigenvalue weighted by Crippen LogP contribution is -2.32. The molecule has 0 bridgehead atoms. The largest absolute Gasteiger partial charge is 0.342 e. The van der Waals surface area contributed by atoms with Crippen molar-refractivity contribution in [2.45, 2.75) is 44.3 Å². The summed E-state index contributed by atoms with van der Waals surface area (Å²) in [7, 11) is 1.64. The van der Waals surface area contributed by atoms with Gasteiger partial charge >= 0.3 is 5.69 Å². The maximum absolute atomic E-state index is 12.6. The van der Waals surface area contributed by atoms with E-state index in [4.69, 9.17) is 4.98 Å². The maximum Gasteiger partial charge on any atom is 0.329 e. The minimum atomic E-state index is -0.440. The highest BCUT2D eigenvalue weighted by atomic mass is 32.2. The highest BCUT2D eigenvalue weighted by molar-refractivity contribution is 7.99. The van der Waals surface area contributed by atoms with E-state index in [0.29, 0.717) is 17.7 Å². The monoisotopic (exact) mass is 415 g/mol.